The lowest BCUT2D eigenvalue weighted by Gasteiger charge is -2.30. The SMILES string of the molecule is CCOC(=O)C1(C(=O)OCC)CC(C)=C2C(=O)CCC21. The first-order chi connectivity index (χ1) is 9.48. The Bertz CT molecular complexity index is 470. The van der Waals surface area contributed by atoms with Gasteiger partial charge in [0, 0.05) is 12.3 Å². The molecule has 0 aliphatic heterocycles. The van der Waals surface area contributed by atoms with Gasteiger partial charge >= 0.3 is 11.9 Å². The van der Waals surface area contributed by atoms with Crippen molar-refractivity contribution in [2.75, 3.05) is 13.2 Å². The molecule has 0 amide bonds. The van der Waals surface area contributed by atoms with Gasteiger partial charge in [-0.05, 0) is 39.2 Å². The average molecular weight is 280 g/mol. The van der Waals surface area contributed by atoms with Crippen LogP contribution in [0.25, 0.3) is 0 Å². The van der Waals surface area contributed by atoms with Crippen LogP contribution in [0.2, 0.25) is 0 Å². The fraction of sp³-hybridized carbons (Fsp3) is 0.667. The molecule has 1 saturated carbocycles. The van der Waals surface area contributed by atoms with E-state index in [4.69, 9.17) is 9.47 Å². The predicted octanol–water partition coefficient (Wildman–Crippen LogP) is 1.80. The summed E-state index contributed by atoms with van der Waals surface area (Å²) in [4.78, 5) is 36.8. The molecule has 5 nitrogen and oxygen atoms in total. The Morgan fingerprint density at radius 3 is 2.25 bits per heavy atom. The molecule has 1 unspecified atom stereocenters. The summed E-state index contributed by atoms with van der Waals surface area (Å²) in [7, 11) is 0. The van der Waals surface area contributed by atoms with E-state index in [0.29, 0.717) is 18.4 Å². The second-order valence-corrected chi connectivity index (χ2v) is 5.30. The highest BCUT2D eigenvalue weighted by atomic mass is 16.6. The molecular weight excluding hydrogens is 260 g/mol. The number of fused-ring (bicyclic) bond motifs is 1. The van der Waals surface area contributed by atoms with Crippen molar-refractivity contribution in [2.45, 2.75) is 40.0 Å². The number of ketones is 1. The summed E-state index contributed by atoms with van der Waals surface area (Å²) < 4.78 is 10.2. The molecule has 0 bridgehead atoms. The Balaban J connectivity index is 2.43. The lowest BCUT2D eigenvalue weighted by Crippen LogP contribution is -2.45. The van der Waals surface area contributed by atoms with E-state index in [1.54, 1.807) is 13.8 Å². The third-order valence-corrected chi connectivity index (χ3v) is 4.19. The number of Topliss-reactive ketones (excluding diaryl/α,β-unsaturated/α-hetero) is 1. The zero-order valence-corrected chi connectivity index (χ0v) is 12.2. The van der Waals surface area contributed by atoms with Gasteiger partial charge in [-0.3, -0.25) is 14.4 Å². The van der Waals surface area contributed by atoms with Crippen LogP contribution >= 0.6 is 0 Å². The van der Waals surface area contributed by atoms with Crippen molar-refractivity contribution in [1.29, 1.82) is 0 Å². The van der Waals surface area contributed by atoms with Crippen LogP contribution < -0.4 is 0 Å². The van der Waals surface area contributed by atoms with Crippen molar-refractivity contribution in [2.24, 2.45) is 11.3 Å². The van der Waals surface area contributed by atoms with E-state index in [1.807, 2.05) is 6.92 Å². The summed E-state index contributed by atoms with van der Waals surface area (Å²) in [6.45, 7) is 5.62. The van der Waals surface area contributed by atoms with Gasteiger partial charge < -0.3 is 9.47 Å². The zero-order chi connectivity index (χ0) is 14.9. The second kappa shape index (κ2) is 5.38. The van der Waals surface area contributed by atoms with E-state index in [-0.39, 0.29) is 31.3 Å². The molecule has 2 aliphatic carbocycles. The van der Waals surface area contributed by atoms with Crippen molar-refractivity contribution in [1.82, 2.24) is 0 Å². The molecule has 20 heavy (non-hydrogen) atoms. The molecule has 5 heteroatoms. The molecule has 2 rings (SSSR count). The van der Waals surface area contributed by atoms with E-state index >= 15 is 0 Å². The van der Waals surface area contributed by atoms with Gasteiger partial charge in [-0.25, -0.2) is 0 Å². The molecule has 1 atom stereocenters. The molecule has 0 N–H and O–H groups in total. The smallest absolute Gasteiger partial charge is 0.324 e. The highest BCUT2D eigenvalue weighted by Gasteiger charge is 2.62. The molecule has 0 radical (unpaired) electrons. The summed E-state index contributed by atoms with van der Waals surface area (Å²) in [6.07, 6.45) is 1.14. The molecule has 0 aromatic rings. The number of esters is 2. The van der Waals surface area contributed by atoms with Crippen LogP contribution in [0.1, 0.15) is 40.0 Å². The Morgan fingerprint density at radius 1 is 1.20 bits per heavy atom. The summed E-state index contributed by atoms with van der Waals surface area (Å²) in [5.74, 6) is -1.46. The van der Waals surface area contributed by atoms with Crippen molar-refractivity contribution < 1.29 is 23.9 Å². The molecule has 1 fully saturated rings. The van der Waals surface area contributed by atoms with E-state index in [2.05, 4.69) is 0 Å². The van der Waals surface area contributed by atoms with Crippen molar-refractivity contribution in [3.63, 3.8) is 0 Å². The summed E-state index contributed by atoms with van der Waals surface area (Å²) >= 11 is 0. The van der Waals surface area contributed by atoms with Crippen molar-refractivity contribution in [3.8, 4) is 0 Å². The van der Waals surface area contributed by atoms with Crippen LogP contribution in [-0.2, 0) is 23.9 Å². The van der Waals surface area contributed by atoms with Gasteiger partial charge in [0.1, 0.15) is 0 Å². The van der Waals surface area contributed by atoms with Gasteiger partial charge in [0.05, 0.1) is 13.2 Å². The average Bonchev–Trinajstić information content (AvgIpc) is 2.91. The Morgan fingerprint density at radius 2 is 1.75 bits per heavy atom. The molecule has 0 spiro atoms. The van der Waals surface area contributed by atoms with E-state index < -0.39 is 17.4 Å². The van der Waals surface area contributed by atoms with Crippen LogP contribution in [0.3, 0.4) is 0 Å². The number of carbonyl (C=O) groups excluding carboxylic acids is 3. The third-order valence-electron chi connectivity index (χ3n) is 4.19. The Kier molecular flexibility index (Phi) is 3.97. The maximum Gasteiger partial charge on any atom is 0.324 e. The Hall–Kier alpha value is -1.65. The first-order valence-corrected chi connectivity index (χ1v) is 7.06. The highest BCUT2D eigenvalue weighted by Crippen LogP contribution is 2.54. The summed E-state index contributed by atoms with van der Waals surface area (Å²) in [5, 5.41) is 0. The minimum atomic E-state index is -1.35. The number of ether oxygens (including phenoxy) is 2. The minimum Gasteiger partial charge on any atom is -0.465 e. The number of carbonyl (C=O) groups is 3. The van der Waals surface area contributed by atoms with Gasteiger partial charge in [-0.2, -0.15) is 0 Å². The van der Waals surface area contributed by atoms with Crippen LogP contribution in [0.5, 0.6) is 0 Å². The summed E-state index contributed by atoms with van der Waals surface area (Å²) in [6, 6.07) is 0. The fourth-order valence-corrected chi connectivity index (χ4v) is 3.45. The van der Waals surface area contributed by atoms with E-state index in [1.165, 1.54) is 0 Å². The van der Waals surface area contributed by atoms with Crippen LogP contribution in [0.15, 0.2) is 11.1 Å². The largest absolute Gasteiger partial charge is 0.465 e. The second-order valence-electron chi connectivity index (χ2n) is 5.30. The van der Waals surface area contributed by atoms with E-state index in [0.717, 1.165) is 5.57 Å². The van der Waals surface area contributed by atoms with Gasteiger partial charge in [-0.1, -0.05) is 5.57 Å². The maximum atomic E-state index is 12.4. The molecule has 0 heterocycles. The molecule has 0 saturated heterocycles. The van der Waals surface area contributed by atoms with Crippen LogP contribution in [0, 0.1) is 11.3 Å². The lowest BCUT2D eigenvalue weighted by atomic mass is 9.75. The molecule has 0 aromatic heterocycles. The van der Waals surface area contributed by atoms with Gasteiger partial charge in [0.25, 0.3) is 0 Å². The number of hydrogen-bond acceptors (Lipinski definition) is 5. The molecular formula is C15H20O5. The quantitative estimate of drug-likeness (QED) is 0.580. The topological polar surface area (TPSA) is 69.7 Å². The summed E-state index contributed by atoms with van der Waals surface area (Å²) in [5.41, 5.74) is 0.113. The minimum absolute atomic E-state index is 0.0444. The Labute approximate surface area is 118 Å². The van der Waals surface area contributed by atoms with Crippen LogP contribution in [-0.4, -0.2) is 30.9 Å². The first-order valence-electron chi connectivity index (χ1n) is 7.06. The lowest BCUT2D eigenvalue weighted by molar-refractivity contribution is -0.174. The monoisotopic (exact) mass is 280 g/mol. The molecule has 0 aromatic carbocycles. The van der Waals surface area contributed by atoms with Crippen molar-refractivity contribution in [3.05, 3.63) is 11.1 Å². The highest BCUT2D eigenvalue weighted by molar-refractivity contribution is 6.08. The van der Waals surface area contributed by atoms with Gasteiger partial charge in [0.2, 0.25) is 0 Å². The number of hydrogen-bond donors (Lipinski definition) is 0. The number of rotatable bonds is 4. The first kappa shape index (κ1) is 14.8. The number of allylic oxidation sites excluding steroid dienone is 2. The predicted molar refractivity (Wildman–Crippen MR) is 70.7 cm³/mol. The van der Waals surface area contributed by atoms with Crippen LogP contribution in [0.4, 0.5) is 0 Å². The van der Waals surface area contributed by atoms with Gasteiger partial charge in [-0.15, -0.1) is 0 Å². The standard InChI is InChI=1S/C15H20O5/c1-4-19-13(17)15(14(18)20-5-2)8-9(3)12-10(15)6-7-11(12)16/h10H,4-8H2,1-3H3. The zero-order valence-electron chi connectivity index (χ0n) is 12.2. The van der Waals surface area contributed by atoms with Gasteiger partial charge in [0.15, 0.2) is 11.2 Å². The third kappa shape index (κ3) is 1.96. The van der Waals surface area contributed by atoms with Crippen molar-refractivity contribution >= 4 is 17.7 Å². The normalized spacial score (nSPS) is 23.8. The molecule has 2 aliphatic rings. The fourth-order valence-electron chi connectivity index (χ4n) is 3.45. The molecule has 110 valence electrons. The van der Waals surface area contributed by atoms with E-state index in [9.17, 15) is 14.4 Å². The maximum absolute atomic E-state index is 12.4.